The van der Waals surface area contributed by atoms with Crippen molar-refractivity contribution in [1.82, 2.24) is 9.97 Å². The molecular weight excluding hydrogens is 364 g/mol. The molecule has 0 unspecified atom stereocenters. The lowest BCUT2D eigenvalue weighted by Gasteiger charge is -2.11. The molecule has 0 spiro atoms. The molecule has 136 valence electrons. The molecule has 0 radical (unpaired) electrons. The summed E-state index contributed by atoms with van der Waals surface area (Å²) in [4.78, 5) is 21.5. The third-order valence-electron chi connectivity index (χ3n) is 4.12. The fourth-order valence-corrected chi connectivity index (χ4v) is 3.36. The Kier molecular flexibility index (Phi) is 4.25. The molecule has 8 heteroatoms. The van der Waals surface area contributed by atoms with Crippen LogP contribution in [0, 0.1) is 13.8 Å². The molecule has 0 fully saturated rings. The van der Waals surface area contributed by atoms with Gasteiger partial charge in [-0.2, -0.15) is 4.98 Å². The SMILES string of the molecule is Cc1ccc(O)c(C)c1NC(=O)c1cnc(Nc2nc3ccccc3o2)s1. The summed E-state index contributed by atoms with van der Waals surface area (Å²) in [5, 5.41) is 16.2. The minimum absolute atomic E-state index is 0.138. The molecule has 0 aliphatic heterocycles. The van der Waals surface area contributed by atoms with Crippen molar-refractivity contribution in [2.75, 3.05) is 10.6 Å². The predicted molar refractivity (Wildman–Crippen MR) is 105 cm³/mol. The molecule has 0 aliphatic carbocycles. The topological polar surface area (TPSA) is 100 Å². The van der Waals surface area contributed by atoms with E-state index in [-0.39, 0.29) is 11.7 Å². The fraction of sp³-hybridized carbons (Fsp3) is 0.105. The van der Waals surface area contributed by atoms with Crippen molar-refractivity contribution in [3.05, 3.63) is 58.6 Å². The van der Waals surface area contributed by atoms with Crippen molar-refractivity contribution in [3.8, 4) is 5.75 Å². The van der Waals surface area contributed by atoms with E-state index in [2.05, 4.69) is 20.6 Å². The molecule has 0 saturated heterocycles. The van der Waals surface area contributed by atoms with Gasteiger partial charge in [0.25, 0.3) is 5.91 Å². The number of oxazole rings is 1. The highest BCUT2D eigenvalue weighted by atomic mass is 32.1. The lowest BCUT2D eigenvalue weighted by Crippen LogP contribution is -2.12. The van der Waals surface area contributed by atoms with Crippen LogP contribution in [0.1, 0.15) is 20.8 Å². The van der Waals surface area contributed by atoms with Crippen molar-refractivity contribution in [1.29, 1.82) is 0 Å². The van der Waals surface area contributed by atoms with Gasteiger partial charge in [0.1, 0.15) is 16.1 Å². The van der Waals surface area contributed by atoms with Gasteiger partial charge < -0.3 is 14.8 Å². The second-order valence-corrected chi connectivity index (χ2v) is 7.03. The minimum Gasteiger partial charge on any atom is -0.508 e. The monoisotopic (exact) mass is 380 g/mol. The Bertz CT molecular complexity index is 1120. The van der Waals surface area contributed by atoms with E-state index in [4.69, 9.17) is 4.42 Å². The Morgan fingerprint density at radius 2 is 2.00 bits per heavy atom. The van der Waals surface area contributed by atoms with Crippen molar-refractivity contribution in [3.63, 3.8) is 0 Å². The largest absolute Gasteiger partial charge is 0.508 e. The summed E-state index contributed by atoms with van der Waals surface area (Å²) in [6.07, 6.45) is 1.48. The Balaban J connectivity index is 1.52. The maximum absolute atomic E-state index is 12.5. The number of carbonyl (C=O) groups is 1. The zero-order chi connectivity index (χ0) is 19.0. The molecule has 3 N–H and O–H groups in total. The lowest BCUT2D eigenvalue weighted by molar-refractivity contribution is 0.103. The first-order chi connectivity index (χ1) is 13.0. The van der Waals surface area contributed by atoms with Crippen LogP contribution in [0.3, 0.4) is 0 Å². The number of hydrogen-bond acceptors (Lipinski definition) is 7. The molecular formula is C19H16N4O3S. The number of benzene rings is 2. The zero-order valence-electron chi connectivity index (χ0n) is 14.6. The number of fused-ring (bicyclic) bond motifs is 1. The van der Waals surface area contributed by atoms with E-state index in [9.17, 15) is 9.90 Å². The lowest BCUT2D eigenvalue weighted by atomic mass is 10.1. The van der Waals surface area contributed by atoms with Crippen molar-refractivity contribution in [2.45, 2.75) is 13.8 Å². The number of thiazole rings is 1. The molecule has 0 saturated carbocycles. The van der Waals surface area contributed by atoms with E-state index >= 15 is 0 Å². The number of carbonyl (C=O) groups excluding carboxylic acids is 1. The highest BCUT2D eigenvalue weighted by Crippen LogP contribution is 2.30. The fourth-order valence-electron chi connectivity index (χ4n) is 2.66. The number of nitrogens with zero attached hydrogens (tertiary/aromatic N) is 2. The second-order valence-electron chi connectivity index (χ2n) is 6.00. The third-order valence-corrected chi connectivity index (χ3v) is 5.03. The van der Waals surface area contributed by atoms with Crippen LogP contribution in [0.2, 0.25) is 0 Å². The van der Waals surface area contributed by atoms with Crippen LogP contribution in [-0.4, -0.2) is 21.0 Å². The summed E-state index contributed by atoms with van der Waals surface area (Å²) < 4.78 is 5.60. The molecule has 2 aromatic carbocycles. The number of phenols is 1. The number of hydrogen-bond donors (Lipinski definition) is 3. The molecule has 27 heavy (non-hydrogen) atoms. The summed E-state index contributed by atoms with van der Waals surface area (Å²) in [5.74, 6) is -0.159. The molecule has 0 aliphatic rings. The average Bonchev–Trinajstić information content (AvgIpc) is 3.28. The summed E-state index contributed by atoms with van der Waals surface area (Å²) >= 11 is 1.18. The van der Waals surface area contributed by atoms with Crippen LogP contribution in [0.5, 0.6) is 5.75 Å². The van der Waals surface area contributed by atoms with Crippen LogP contribution in [0.4, 0.5) is 16.8 Å². The van der Waals surface area contributed by atoms with E-state index in [1.807, 2.05) is 31.2 Å². The average molecular weight is 380 g/mol. The maximum Gasteiger partial charge on any atom is 0.302 e. The normalized spacial score (nSPS) is 10.9. The molecule has 4 rings (SSSR count). The van der Waals surface area contributed by atoms with Crippen LogP contribution in [0.15, 0.2) is 47.0 Å². The molecule has 7 nitrogen and oxygen atoms in total. The van der Waals surface area contributed by atoms with E-state index < -0.39 is 0 Å². The number of aromatic hydroxyl groups is 1. The van der Waals surface area contributed by atoms with Gasteiger partial charge in [-0.15, -0.1) is 0 Å². The maximum atomic E-state index is 12.5. The van der Waals surface area contributed by atoms with Gasteiger partial charge in [0.15, 0.2) is 10.7 Å². The van der Waals surface area contributed by atoms with Crippen LogP contribution >= 0.6 is 11.3 Å². The number of anilines is 3. The van der Waals surface area contributed by atoms with E-state index in [1.165, 1.54) is 17.5 Å². The predicted octanol–water partition coefficient (Wildman–Crippen LogP) is 4.60. The highest BCUT2D eigenvalue weighted by molar-refractivity contribution is 7.17. The number of para-hydroxylation sites is 2. The quantitative estimate of drug-likeness (QED) is 0.478. The van der Waals surface area contributed by atoms with Gasteiger partial charge >= 0.3 is 6.01 Å². The summed E-state index contributed by atoms with van der Waals surface area (Å²) in [6, 6.07) is 11.1. The molecule has 0 bridgehead atoms. The minimum atomic E-state index is -0.296. The standard InChI is InChI=1S/C19H16N4O3S/c1-10-7-8-13(24)11(2)16(10)22-17(25)15-9-20-19(27-15)23-18-21-12-5-3-4-6-14(12)26-18/h3-9,24H,1-2H3,(H,22,25)(H,20,21,23). The first-order valence-corrected chi connectivity index (χ1v) is 9.02. The van der Waals surface area contributed by atoms with Crippen LogP contribution < -0.4 is 10.6 Å². The van der Waals surface area contributed by atoms with Gasteiger partial charge in [-0.05, 0) is 37.6 Å². The Morgan fingerprint density at radius 3 is 2.81 bits per heavy atom. The summed E-state index contributed by atoms with van der Waals surface area (Å²) in [5.41, 5.74) is 3.50. The van der Waals surface area contributed by atoms with Crippen LogP contribution in [-0.2, 0) is 0 Å². The van der Waals surface area contributed by atoms with Crippen molar-refractivity contribution < 1.29 is 14.3 Å². The van der Waals surface area contributed by atoms with Crippen molar-refractivity contribution in [2.24, 2.45) is 0 Å². The number of aryl methyl sites for hydroxylation is 1. The second kappa shape index (κ2) is 6.73. The Hall–Kier alpha value is -3.39. The Labute approximate surface area is 158 Å². The van der Waals surface area contributed by atoms with E-state index in [0.29, 0.717) is 32.9 Å². The van der Waals surface area contributed by atoms with E-state index in [0.717, 1.165) is 11.1 Å². The smallest absolute Gasteiger partial charge is 0.302 e. The number of rotatable bonds is 4. The molecule has 4 aromatic rings. The molecule has 1 amide bonds. The summed E-state index contributed by atoms with van der Waals surface area (Å²) in [6.45, 7) is 3.62. The van der Waals surface area contributed by atoms with Crippen molar-refractivity contribution >= 4 is 45.2 Å². The van der Waals surface area contributed by atoms with Gasteiger partial charge in [0.05, 0.1) is 11.9 Å². The summed E-state index contributed by atoms with van der Waals surface area (Å²) in [7, 11) is 0. The first kappa shape index (κ1) is 17.0. The number of nitrogens with one attached hydrogen (secondary N) is 2. The number of amides is 1. The first-order valence-electron chi connectivity index (χ1n) is 8.20. The number of phenolic OH excluding ortho intramolecular Hbond substituents is 1. The zero-order valence-corrected chi connectivity index (χ0v) is 15.4. The molecule has 2 aromatic heterocycles. The molecule has 2 heterocycles. The van der Waals surface area contributed by atoms with Gasteiger partial charge in [-0.25, -0.2) is 4.98 Å². The van der Waals surface area contributed by atoms with Crippen LogP contribution in [0.25, 0.3) is 11.1 Å². The highest BCUT2D eigenvalue weighted by Gasteiger charge is 2.16. The van der Waals surface area contributed by atoms with Gasteiger partial charge in [0, 0.05) is 5.56 Å². The van der Waals surface area contributed by atoms with E-state index in [1.54, 1.807) is 19.1 Å². The number of aromatic nitrogens is 2. The Morgan fingerprint density at radius 1 is 1.19 bits per heavy atom. The molecule has 0 atom stereocenters. The van der Waals surface area contributed by atoms with Gasteiger partial charge in [0.2, 0.25) is 0 Å². The van der Waals surface area contributed by atoms with Gasteiger partial charge in [-0.3, -0.25) is 10.1 Å². The third kappa shape index (κ3) is 3.34. The van der Waals surface area contributed by atoms with Gasteiger partial charge in [-0.1, -0.05) is 29.5 Å².